The second-order valence-electron chi connectivity index (χ2n) is 6.59. The zero-order valence-corrected chi connectivity index (χ0v) is 13.2. The molecule has 0 N–H and O–H groups in total. The molecule has 2 atom stereocenters. The number of hydrogen-bond acceptors (Lipinski definition) is 2. The van der Waals surface area contributed by atoms with E-state index in [9.17, 15) is 0 Å². The van der Waals surface area contributed by atoms with Gasteiger partial charge < -0.3 is 0 Å². The van der Waals surface area contributed by atoms with Gasteiger partial charge in [0.05, 0.1) is 0 Å². The van der Waals surface area contributed by atoms with Crippen LogP contribution in [0.15, 0.2) is 0 Å². The molecule has 2 heteroatoms. The van der Waals surface area contributed by atoms with E-state index in [-0.39, 0.29) is 0 Å². The molecule has 1 saturated heterocycles. The van der Waals surface area contributed by atoms with Gasteiger partial charge in [-0.05, 0) is 62.2 Å². The summed E-state index contributed by atoms with van der Waals surface area (Å²) in [5, 5.41) is 0. The smallest absolute Gasteiger partial charge is 0.0124 e. The number of thiol groups is 1. The number of hydrogen-bond donors (Lipinski definition) is 1. The lowest BCUT2D eigenvalue weighted by Crippen LogP contribution is -2.51. The first-order valence-electron chi connectivity index (χ1n) is 8.09. The third-order valence-corrected chi connectivity index (χ3v) is 6.40. The summed E-state index contributed by atoms with van der Waals surface area (Å²) in [6.07, 6.45) is 11.4. The van der Waals surface area contributed by atoms with E-state index < -0.39 is 0 Å². The zero-order chi connectivity index (χ0) is 13.0. The van der Waals surface area contributed by atoms with Gasteiger partial charge in [-0.25, -0.2) is 0 Å². The van der Waals surface area contributed by atoms with Crippen molar-refractivity contribution in [1.82, 2.24) is 4.90 Å². The summed E-state index contributed by atoms with van der Waals surface area (Å²) in [6.45, 7) is 7.34. The molecule has 106 valence electrons. The average molecular weight is 269 g/mol. The van der Waals surface area contributed by atoms with Crippen LogP contribution in [0.25, 0.3) is 0 Å². The largest absolute Gasteiger partial charge is 0.300 e. The van der Waals surface area contributed by atoms with E-state index >= 15 is 0 Å². The van der Waals surface area contributed by atoms with E-state index in [4.69, 9.17) is 0 Å². The molecule has 18 heavy (non-hydrogen) atoms. The van der Waals surface area contributed by atoms with Crippen molar-refractivity contribution >= 4 is 12.6 Å². The van der Waals surface area contributed by atoms with Gasteiger partial charge in [0, 0.05) is 12.6 Å². The Morgan fingerprint density at radius 1 is 1.06 bits per heavy atom. The molecule has 2 rings (SSSR count). The van der Waals surface area contributed by atoms with E-state index in [1.807, 2.05) is 0 Å². The lowest BCUT2D eigenvalue weighted by Gasteiger charge is -2.48. The molecule has 1 heterocycles. The van der Waals surface area contributed by atoms with E-state index in [1.165, 1.54) is 64.5 Å². The molecule has 0 aromatic rings. The van der Waals surface area contributed by atoms with Gasteiger partial charge in [0.1, 0.15) is 0 Å². The molecule has 0 bridgehead atoms. The molecule has 0 amide bonds. The minimum Gasteiger partial charge on any atom is -0.300 e. The fourth-order valence-electron chi connectivity index (χ4n) is 4.10. The van der Waals surface area contributed by atoms with Gasteiger partial charge in [0.2, 0.25) is 0 Å². The van der Waals surface area contributed by atoms with Gasteiger partial charge in [-0.1, -0.05) is 26.7 Å². The molecule has 0 radical (unpaired) electrons. The van der Waals surface area contributed by atoms with Crippen molar-refractivity contribution in [3.05, 3.63) is 0 Å². The Balaban J connectivity index is 2.02. The molecule has 2 aliphatic rings. The standard InChI is InChI=1S/C16H31NS/c1-3-16(4-2,13-18)12-17-11-7-9-14-8-5-6-10-15(14)17/h14-15,18H,3-13H2,1-2H3. The predicted octanol–water partition coefficient (Wildman–Crippen LogP) is 4.38. The van der Waals surface area contributed by atoms with Crippen molar-refractivity contribution in [2.75, 3.05) is 18.8 Å². The van der Waals surface area contributed by atoms with Crippen LogP contribution in [0.1, 0.15) is 65.2 Å². The molecular weight excluding hydrogens is 238 g/mol. The minimum absolute atomic E-state index is 0.461. The summed E-state index contributed by atoms with van der Waals surface area (Å²) in [5.74, 6) is 2.06. The second-order valence-corrected chi connectivity index (χ2v) is 6.91. The van der Waals surface area contributed by atoms with Crippen LogP contribution in [0.4, 0.5) is 0 Å². The molecule has 1 aliphatic carbocycles. The quantitative estimate of drug-likeness (QED) is 0.725. The monoisotopic (exact) mass is 269 g/mol. The van der Waals surface area contributed by atoms with Crippen LogP contribution in [0.2, 0.25) is 0 Å². The molecule has 1 saturated carbocycles. The Morgan fingerprint density at radius 2 is 1.72 bits per heavy atom. The maximum absolute atomic E-state index is 4.65. The summed E-state index contributed by atoms with van der Waals surface area (Å²) < 4.78 is 0. The molecular formula is C16H31NS. The van der Waals surface area contributed by atoms with Crippen LogP contribution >= 0.6 is 12.6 Å². The lowest BCUT2D eigenvalue weighted by molar-refractivity contribution is 0.0268. The first-order valence-corrected chi connectivity index (χ1v) is 8.73. The summed E-state index contributed by atoms with van der Waals surface area (Å²) >= 11 is 4.65. The van der Waals surface area contributed by atoms with E-state index in [0.29, 0.717) is 5.41 Å². The molecule has 1 aliphatic heterocycles. The highest BCUT2D eigenvalue weighted by Crippen LogP contribution is 2.38. The van der Waals surface area contributed by atoms with Crippen LogP contribution < -0.4 is 0 Å². The molecule has 0 aromatic heterocycles. The Labute approximate surface area is 119 Å². The first-order chi connectivity index (χ1) is 8.74. The van der Waals surface area contributed by atoms with Crippen molar-refractivity contribution < 1.29 is 0 Å². The van der Waals surface area contributed by atoms with Gasteiger partial charge in [-0.3, -0.25) is 4.90 Å². The van der Waals surface area contributed by atoms with Crippen molar-refractivity contribution in [2.24, 2.45) is 11.3 Å². The van der Waals surface area contributed by atoms with Gasteiger partial charge >= 0.3 is 0 Å². The lowest BCUT2D eigenvalue weighted by atomic mass is 9.76. The highest BCUT2D eigenvalue weighted by molar-refractivity contribution is 7.80. The summed E-state index contributed by atoms with van der Waals surface area (Å²) in [7, 11) is 0. The third-order valence-electron chi connectivity index (χ3n) is 5.73. The first kappa shape index (κ1) is 14.7. The summed E-state index contributed by atoms with van der Waals surface area (Å²) in [5.41, 5.74) is 0.461. The number of likely N-dealkylation sites (tertiary alicyclic amines) is 1. The molecule has 0 spiro atoms. The van der Waals surface area contributed by atoms with Crippen molar-refractivity contribution in [2.45, 2.75) is 71.3 Å². The normalized spacial score (nSPS) is 30.2. The summed E-state index contributed by atoms with van der Waals surface area (Å²) in [4.78, 5) is 2.84. The van der Waals surface area contributed by atoms with Gasteiger partial charge in [-0.15, -0.1) is 0 Å². The molecule has 1 nitrogen and oxygen atoms in total. The zero-order valence-electron chi connectivity index (χ0n) is 12.3. The second kappa shape index (κ2) is 6.65. The van der Waals surface area contributed by atoms with Crippen molar-refractivity contribution in [3.8, 4) is 0 Å². The molecule has 2 unspecified atom stereocenters. The Kier molecular flexibility index (Phi) is 5.44. The Morgan fingerprint density at radius 3 is 2.39 bits per heavy atom. The highest BCUT2D eigenvalue weighted by atomic mass is 32.1. The van der Waals surface area contributed by atoms with Crippen molar-refractivity contribution in [1.29, 1.82) is 0 Å². The Hall–Kier alpha value is 0.310. The maximum atomic E-state index is 4.65. The van der Waals surface area contributed by atoms with E-state index in [2.05, 4.69) is 31.4 Å². The van der Waals surface area contributed by atoms with Crippen LogP contribution in [0.5, 0.6) is 0 Å². The molecule has 2 fully saturated rings. The number of fused-ring (bicyclic) bond motifs is 1. The van der Waals surface area contributed by atoms with Crippen LogP contribution in [0.3, 0.4) is 0 Å². The van der Waals surface area contributed by atoms with Crippen LogP contribution in [-0.2, 0) is 0 Å². The predicted molar refractivity (Wildman–Crippen MR) is 83.4 cm³/mol. The SMILES string of the molecule is CCC(CC)(CS)CN1CCCC2CCCCC21. The molecule has 0 aromatic carbocycles. The number of piperidine rings is 1. The Bertz CT molecular complexity index is 239. The minimum atomic E-state index is 0.461. The van der Waals surface area contributed by atoms with Gasteiger partial charge in [0.25, 0.3) is 0 Å². The third kappa shape index (κ3) is 3.07. The fraction of sp³-hybridized carbons (Fsp3) is 1.00. The van der Waals surface area contributed by atoms with Gasteiger partial charge in [0.15, 0.2) is 0 Å². The van der Waals surface area contributed by atoms with E-state index in [1.54, 1.807) is 0 Å². The average Bonchev–Trinajstić information content (AvgIpc) is 2.45. The van der Waals surface area contributed by atoms with Crippen molar-refractivity contribution in [3.63, 3.8) is 0 Å². The van der Waals surface area contributed by atoms with Crippen LogP contribution in [-0.4, -0.2) is 29.8 Å². The maximum Gasteiger partial charge on any atom is 0.0124 e. The highest BCUT2D eigenvalue weighted by Gasteiger charge is 2.37. The van der Waals surface area contributed by atoms with Crippen LogP contribution in [0, 0.1) is 11.3 Å². The topological polar surface area (TPSA) is 3.24 Å². The summed E-state index contributed by atoms with van der Waals surface area (Å²) in [6, 6.07) is 0.907. The van der Waals surface area contributed by atoms with E-state index in [0.717, 1.165) is 17.7 Å². The number of rotatable bonds is 5. The van der Waals surface area contributed by atoms with Gasteiger partial charge in [-0.2, -0.15) is 12.6 Å². The fourth-order valence-corrected chi connectivity index (χ4v) is 4.65. The number of nitrogens with zero attached hydrogens (tertiary/aromatic N) is 1.